The Kier molecular flexibility index (Phi) is 1.55. The minimum absolute atomic E-state index is 0.217. The second-order valence-corrected chi connectivity index (χ2v) is 2.86. The Morgan fingerprint density at radius 1 is 1.62 bits per heavy atom. The van der Waals surface area contributed by atoms with Gasteiger partial charge in [0.15, 0.2) is 0 Å². The highest BCUT2D eigenvalue weighted by molar-refractivity contribution is 5.91. The maximum Gasteiger partial charge on any atom is 0.337 e. The van der Waals surface area contributed by atoms with Crippen LogP contribution in [0.2, 0.25) is 0 Å². The SMILES string of the molecule is Cn1ccc2ncc(C(=O)O)cc21. The molecule has 13 heavy (non-hydrogen) atoms. The molecule has 0 unspecified atom stereocenters. The summed E-state index contributed by atoms with van der Waals surface area (Å²) in [6.45, 7) is 0. The van der Waals surface area contributed by atoms with Crippen LogP contribution < -0.4 is 0 Å². The lowest BCUT2D eigenvalue weighted by atomic mass is 10.2. The lowest BCUT2D eigenvalue weighted by molar-refractivity contribution is 0.0696. The lowest BCUT2D eigenvalue weighted by Gasteiger charge is -1.96. The smallest absolute Gasteiger partial charge is 0.337 e. The largest absolute Gasteiger partial charge is 0.478 e. The van der Waals surface area contributed by atoms with Crippen LogP contribution >= 0.6 is 0 Å². The van der Waals surface area contributed by atoms with Gasteiger partial charge in [-0.15, -0.1) is 0 Å². The molecule has 2 heterocycles. The first-order valence-corrected chi connectivity index (χ1v) is 3.83. The number of hydrogen-bond donors (Lipinski definition) is 1. The number of aromatic carboxylic acids is 1. The maximum absolute atomic E-state index is 10.6. The van der Waals surface area contributed by atoms with E-state index < -0.39 is 5.97 Å². The minimum Gasteiger partial charge on any atom is -0.478 e. The van der Waals surface area contributed by atoms with Crippen LogP contribution in [0.25, 0.3) is 11.0 Å². The number of hydrogen-bond acceptors (Lipinski definition) is 2. The number of pyridine rings is 1. The van der Waals surface area contributed by atoms with Crippen LogP contribution in [0.15, 0.2) is 24.5 Å². The van der Waals surface area contributed by atoms with Crippen LogP contribution in [0.3, 0.4) is 0 Å². The molecule has 0 aromatic carbocycles. The molecular weight excluding hydrogens is 168 g/mol. The monoisotopic (exact) mass is 176 g/mol. The first kappa shape index (κ1) is 7.79. The number of aryl methyl sites for hydroxylation is 1. The van der Waals surface area contributed by atoms with Crippen molar-refractivity contribution in [3.8, 4) is 0 Å². The Morgan fingerprint density at radius 2 is 2.38 bits per heavy atom. The third-order valence-electron chi connectivity index (χ3n) is 1.98. The molecule has 0 bridgehead atoms. The summed E-state index contributed by atoms with van der Waals surface area (Å²) in [6, 6.07) is 3.46. The van der Waals surface area contributed by atoms with Crippen LogP contribution in [0.1, 0.15) is 10.4 Å². The summed E-state index contributed by atoms with van der Waals surface area (Å²) in [5, 5.41) is 8.72. The molecule has 0 radical (unpaired) electrons. The van der Waals surface area contributed by atoms with Crippen molar-refractivity contribution in [2.75, 3.05) is 0 Å². The molecule has 4 nitrogen and oxygen atoms in total. The topological polar surface area (TPSA) is 55.1 Å². The Balaban J connectivity index is 2.72. The van der Waals surface area contributed by atoms with Crippen molar-refractivity contribution in [3.05, 3.63) is 30.1 Å². The molecule has 0 spiro atoms. The maximum atomic E-state index is 10.6. The van der Waals surface area contributed by atoms with Gasteiger partial charge in [-0.1, -0.05) is 0 Å². The Hall–Kier alpha value is -1.84. The average Bonchev–Trinajstić information content (AvgIpc) is 2.47. The molecular formula is C9H8N2O2. The van der Waals surface area contributed by atoms with Crippen molar-refractivity contribution in [1.29, 1.82) is 0 Å². The van der Waals surface area contributed by atoms with Gasteiger partial charge in [0.05, 0.1) is 16.6 Å². The molecule has 2 aromatic rings. The highest BCUT2D eigenvalue weighted by Crippen LogP contribution is 2.13. The van der Waals surface area contributed by atoms with Crippen LogP contribution in [0.4, 0.5) is 0 Å². The highest BCUT2D eigenvalue weighted by atomic mass is 16.4. The molecule has 2 aromatic heterocycles. The third-order valence-corrected chi connectivity index (χ3v) is 1.98. The predicted octanol–water partition coefficient (Wildman–Crippen LogP) is 1.27. The van der Waals surface area contributed by atoms with Gasteiger partial charge in [0.1, 0.15) is 0 Å². The van der Waals surface area contributed by atoms with E-state index >= 15 is 0 Å². The Morgan fingerprint density at radius 3 is 3.08 bits per heavy atom. The molecule has 0 aliphatic rings. The molecule has 2 rings (SSSR count). The summed E-state index contributed by atoms with van der Waals surface area (Å²) in [4.78, 5) is 14.7. The van der Waals surface area contributed by atoms with Gasteiger partial charge < -0.3 is 9.67 Å². The fourth-order valence-electron chi connectivity index (χ4n) is 1.25. The summed E-state index contributed by atoms with van der Waals surface area (Å²) in [7, 11) is 1.86. The molecule has 0 atom stereocenters. The molecule has 0 saturated carbocycles. The van der Waals surface area contributed by atoms with Crippen molar-refractivity contribution in [2.45, 2.75) is 0 Å². The van der Waals surface area contributed by atoms with Gasteiger partial charge in [-0.3, -0.25) is 4.98 Å². The molecule has 0 aliphatic carbocycles. The van der Waals surface area contributed by atoms with Crippen molar-refractivity contribution < 1.29 is 9.90 Å². The number of carbonyl (C=O) groups is 1. The van der Waals surface area contributed by atoms with Crippen molar-refractivity contribution >= 4 is 17.0 Å². The van der Waals surface area contributed by atoms with Crippen molar-refractivity contribution in [3.63, 3.8) is 0 Å². The second-order valence-electron chi connectivity index (χ2n) is 2.86. The van der Waals surface area contributed by atoms with E-state index in [1.165, 1.54) is 6.20 Å². The quantitative estimate of drug-likeness (QED) is 0.711. The van der Waals surface area contributed by atoms with E-state index in [4.69, 9.17) is 5.11 Å². The predicted molar refractivity (Wildman–Crippen MR) is 47.7 cm³/mol. The van der Waals surface area contributed by atoms with E-state index in [1.54, 1.807) is 6.07 Å². The normalized spacial score (nSPS) is 10.5. The van der Waals surface area contributed by atoms with Gasteiger partial charge in [0, 0.05) is 19.4 Å². The van der Waals surface area contributed by atoms with E-state index in [9.17, 15) is 4.79 Å². The summed E-state index contributed by atoms with van der Waals surface area (Å²) < 4.78 is 1.84. The van der Waals surface area contributed by atoms with E-state index in [-0.39, 0.29) is 5.56 Å². The van der Waals surface area contributed by atoms with Crippen LogP contribution in [-0.4, -0.2) is 20.6 Å². The van der Waals surface area contributed by atoms with Gasteiger partial charge in [-0.25, -0.2) is 4.79 Å². The number of carboxylic acids is 1. The van der Waals surface area contributed by atoms with Gasteiger partial charge in [0.2, 0.25) is 0 Å². The molecule has 0 saturated heterocycles. The standard InChI is InChI=1S/C9H8N2O2/c1-11-3-2-7-8(11)4-6(5-10-7)9(12)13/h2-5H,1H3,(H,12,13). The fourth-order valence-corrected chi connectivity index (χ4v) is 1.25. The van der Waals surface area contributed by atoms with Gasteiger partial charge in [-0.2, -0.15) is 0 Å². The molecule has 4 heteroatoms. The second kappa shape index (κ2) is 2.58. The molecule has 66 valence electrons. The summed E-state index contributed by atoms with van der Waals surface area (Å²) in [5.74, 6) is -0.949. The number of rotatable bonds is 1. The average molecular weight is 176 g/mol. The zero-order valence-corrected chi connectivity index (χ0v) is 7.06. The van der Waals surface area contributed by atoms with Crippen LogP contribution in [0, 0.1) is 0 Å². The highest BCUT2D eigenvalue weighted by Gasteiger charge is 2.05. The zero-order valence-electron chi connectivity index (χ0n) is 7.06. The summed E-state index contributed by atoms with van der Waals surface area (Å²) in [6.07, 6.45) is 3.22. The Labute approximate surface area is 74.4 Å². The number of carboxylic acid groups (broad SMARTS) is 1. The lowest BCUT2D eigenvalue weighted by Crippen LogP contribution is -1.97. The van der Waals surface area contributed by atoms with Gasteiger partial charge in [-0.05, 0) is 12.1 Å². The number of nitrogens with zero attached hydrogens (tertiary/aromatic N) is 2. The molecule has 0 fully saturated rings. The number of aromatic nitrogens is 2. The van der Waals surface area contributed by atoms with Gasteiger partial charge in [0.25, 0.3) is 0 Å². The molecule has 1 N–H and O–H groups in total. The molecule has 0 aliphatic heterocycles. The Bertz CT molecular complexity index is 473. The third kappa shape index (κ3) is 1.16. The van der Waals surface area contributed by atoms with Crippen molar-refractivity contribution in [1.82, 2.24) is 9.55 Å². The molecule has 0 amide bonds. The van der Waals surface area contributed by atoms with Crippen LogP contribution in [-0.2, 0) is 7.05 Å². The fraction of sp³-hybridized carbons (Fsp3) is 0.111. The first-order chi connectivity index (χ1) is 6.18. The van der Waals surface area contributed by atoms with Crippen LogP contribution in [0.5, 0.6) is 0 Å². The number of fused-ring (bicyclic) bond motifs is 1. The van der Waals surface area contributed by atoms with Gasteiger partial charge >= 0.3 is 5.97 Å². The minimum atomic E-state index is -0.949. The van der Waals surface area contributed by atoms with E-state index in [0.29, 0.717) is 0 Å². The van der Waals surface area contributed by atoms with E-state index in [2.05, 4.69) is 4.98 Å². The summed E-state index contributed by atoms with van der Waals surface area (Å²) >= 11 is 0. The van der Waals surface area contributed by atoms with Crippen molar-refractivity contribution in [2.24, 2.45) is 7.05 Å². The van der Waals surface area contributed by atoms with E-state index in [1.807, 2.05) is 23.9 Å². The first-order valence-electron chi connectivity index (χ1n) is 3.83. The summed E-state index contributed by atoms with van der Waals surface area (Å²) in [5.41, 5.74) is 1.86. The zero-order chi connectivity index (χ0) is 9.42. The van der Waals surface area contributed by atoms with E-state index in [0.717, 1.165) is 11.0 Å².